The Bertz CT molecular complexity index is 677. The van der Waals surface area contributed by atoms with Gasteiger partial charge in [-0.05, 0) is 24.6 Å². The van der Waals surface area contributed by atoms with Crippen molar-refractivity contribution in [3.63, 3.8) is 0 Å². The van der Waals surface area contributed by atoms with Gasteiger partial charge in [-0.25, -0.2) is 4.98 Å². The number of nitrogens with zero attached hydrogens (tertiary/aromatic N) is 2. The molecule has 0 bridgehead atoms. The molecule has 0 radical (unpaired) electrons. The molecular weight excluding hydrogens is 290 g/mol. The maximum absolute atomic E-state index is 5.90. The second-order valence-electron chi connectivity index (χ2n) is 6.01. The number of fused-ring (bicyclic) bond motifs is 1. The molecule has 4 rings (SSSR count). The minimum Gasteiger partial charge on any atom is -0.488 e. The van der Waals surface area contributed by atoms with E-state index in [0.29, 0.717) is 13.2 Å². The first-order valence-electron chi connectivity index (χ1n) is 8.12. The normalized spacial score (nSPS) is 23.6. The zero-order chi connectivity index (χ0) is 15.6. The van der Waals surface area contributed by atoms with Crippen molar-refractivity contribution < 1.29 is 9.47 Å². The lowest BCUT2D eigenvalue weighted by atomic mass is 10.0. The lowest BCUT2D eigenvalue weighted by molar-refractivity contribution is 0.0300. The number of anilines is 2. The Balaban J connectivity index is 1.68. The van der Waals surface area contributed by atoms with Crippen LogP contribution >= 0.6 is 0 Å². The summed E-state index contributed by atoms with van der Waals surface area (Å²) in [4.78, 5) is 7.11. The third-order valence-corrected chi connectivity index (χ3v) is 4.34. The molecule has 0 saturated carbocycles. The first-order chi connectivity index (χ1) is 11.3. The van der Waals surface area contributed by atoms with Crippen molar-refractivity contribution in [2.45, 2.75) is 19.1 Å². The van der Waals surface area contributed by atoms with Crippen LogP contribution in [-0.4, -0.2) is 37.4 Å². The van der Waals surface area contributed by atoms with Crippen molar-refractivity contribution in [3.05, 3.63) is 48.0 Å². The first-order valence-corrected chi connectivity index (χ1v) is 8.12. The molecule has 2 aromatic rings. The molecule has 0 spiro atoms. The number of ether oxygens (including phenoxy) is 2. The van der Waals surface area contributed by atoms with E-state index in [1.807, 2.05) is 18.2 Å². The fourth-order valence-electron chi connectivity index (χ4n) is 3.18. The molecule has 2 atom stereocenters. The Labute approximate surface area is 136 Å². The van der Waals surface area contributed by atoms with Crippen LogP contribution in [0.25, 0.3) is 0 Å². The Hall–Kier alpha value is -2.27. The molecule has 0 unspecified atom stereocenters. The number of benzene rings is 1. The Morgan fingerprint density at radius 1 is 1.17 bits per heavy atom. The SMILES string of the molecule is C[C@@H]1CN(c2ccc3c(n2)NCCO3)[C@H](c2ccccc2)CO1. The van der Waals surface area contributed by atoms with E-state index >= 15 is 0 Å². The van der Waals surface area contributed by atoms with Crippen LogP contribution in [0.3, 0.4) is 0 Å². The number of pyridine rings is 1. The minimum atomic E-state index is 0.183. The van der Waals surface area contributed by atoms with Crippen LogP contribution in [0.2, 0.25) is 0 Å². The van der Waals surface area contributed by atoms with Crippen molar-refractivity contribution >= 4 is 11.6 Å². The van der Waals surface area contributed by atoms with Gasteiger partial charge in [-0.15, -0.1) is 0 Å². The molecule has 5 nitrogen and oxygen atoms in total. The van der Waals surface area contributed by atoms with Gasteiger partial charge in [-0.3, -0.25) is 0 Å². The van der Waals surface area contributed by atoms with Gasteiger partial charge in [0.2, 0.25) is 0 Å². The molecule has 0 amide bonds. The number of hydrogen-bond donors (Lipinski definition) is 1. The Morgan fingerprint density at radius 2 is 2.04 bits per heavy atom. The van der Waals surface area contributed by atoms with Crippen molar-refractivity contribution in [3.8, 4) is 5.75 Å². The van der Waals surface area contributed by atoms with E-state index in [0.717, 1.165) is 30.5 Å². The van der Waals surface area contributed by atoms with E-state index in [1.54, 1.807) is 0 Å². The fourth-order valence-corrected chi connectivity index (χ4v) is 3.18. The largest absolute Gasteiger partial charge is 0.488 e. The van der Waals surface area contributed by atoms with E-state index in [1.165, 1.54) is 5.56 Å². The molecule has 3 heterocycles. The molecule has 0 aliphatic carbocycles. The molecule has 5 heteroatoms. The third kappa shape index (κ3) is 2.84. The Morgan fingerprint density at radius 3 is 2.91 bits per heavy atom. The van der Waals surface area contributed by atoms with Gasteiger partial charge in [0.25, 0.3) is 0 Å². The maximum Gasteiger partial charge on any atom is 0.171 e. The van der Waals surface area contributed by atoms with Crippen LogP contribution in [-0.2, 0) is 4.74 Å². The van der Waals surface area contributed by atoms with Crippen LogP contribution in [0.5, 0.6) is 5.75 Å². The summed E-state index contributed by atoms with van der Waals surface area (Å²) < 4.78 is 11.5. The zero-order valence-electron chi connectivity index (χ0n) is 13.2. The molecule has 23 heavy (non-hydrogen) atoms. The monoisotopic (exact) mass is 311 g/mol. The van der Waals surface area contributed by atoms with Gasteiger partial charge >= 0.3 is 0 Å². The van der Waals surface area contributed by atoms with Crippen molar-refractivity contribution in [1.29, 1.82) is 0 Å². The third-order valence-electron chi connectivity index (χ3n) is 4.34. The summed E-state index contributed by atoms with van der Waals surface area (Å²) in [6.07, 6.45) is 0.192. The average molecular weight is 311 g/mol. The van der Waals surface area contributed by atoms with Gasteiger partial charge in [-0.2, -0.15) is 0 Å². The number of aromatic nitrogens is 1. The standard InChI is InChI=1S/C18H21N3O2/c1-13-11-21(15(12-23-13)14-5-3-2-4-6-14)17-8-7-16-18(20-17)19-9-10-22-16/h2-8,13,15H,9-12H2,1H3,(H,19,20)/t13-,15+/m1/s1. The molecule has 1 fully saturated rings. The minimum absolute atomic E-state index is 0.183. The first kappa shape index (κ1) is 14.3. The van der Waals surface area contributed by atoms with E-state index in [4.69, 9.17) is 14.5 Å². The molecule has 1 aromatic heterocycles. The van der Waals surface area contributed by atoms with Crippen LogP contribution in [0.1, 0.15) is 18.5 Å². The van der Waals surface area contributed by atoms with Gasteiger partial charge < -0.3 is 19.7 Å². The molecule has 2 aliphatic heterocycles. The smallest absolute Gasteiger partial charge is 0.171 e. The summed E-state index contributed by atoms with van der Waals surface area (Å²) in [5.74, 6) is 2.63. The second kappa shape index (κ2) is 6.08. The average Bonchev–Trinajstić information content (AvgIpc) is 2.62. The van der Waals surface area contributed by atoms with Gasteiger partial charge in [0.05, 0.1) is 25.3 Å². The molecule has 2 aliphatic rings. The van der Waals surface area contributed by atoms with Crippen LogP contribution < -0.4 is 15.0 Å². The fraction of sp³-hybridized carbons (Fsp3) is 0.389. The summed E-state index contributed by atoms with van der Waals surface area (Å²) in [6.45, 7) is 5.09. The highest BCUT2D eigenvalue weighted by Gasteiger charge is 2.29. The van der Waals surface area contributed by atoms with Crippen molar-refractivity contribution in [2.75, 3.05) is 36.5 Å². The summed E-state index contributed by atoms with van der Waals surface area (Å²) in [7, 11) is 0. The van der Waals surface area contributed by atoms with Crippen LogP contribution in [0, 0.1) is 0 Å². The summed E-state index contributed by atoms with van der Waals surface area (Å²) >= 11 is 0. The second-order valence-corrected chi connectivity index (χ2v) is 6.01. The highest BCUT2D eigenvalue weighted by atomic mass is 16.5. The number of hydrogen-bond acceptors (Lipinski definition) is 5. The van der Waals surface area contributed by atoms with E-state index < -0.39 is 0 Å². The zero-order valence-corrected chi connectivity index (χ0v) is 13.2. The molecular formula is C18H21N3O2. The lowest BCUT2D eigenvalue weighted by Crippen LogP contribution is -2.44. The van der Waals surface area contributed by atoms with Gasteiger partial charge in [-0.1, -0.05) is 30.3 Å². The predicted octanol–water partition coefficient (Wildman–Crippen LogP) is 2.85. The van der Waals surface area contributed by atoms with Gasteiger partial charge in [0.15, 0.2) is 11.6 Å². The number of morpholine rings is 1. The summed E-state index contributed by atoms with van der Waals surface area (Å²) in [6, 6.07) is 14.7. The molecule has 120 valence electrons. The maximum atomic E-state index is 5.90. The predicted molar refractivity (Wildman–Crippen MR) is 90.2 cm³/mol. The quantitative estimate of drug-likeness (QED) is 0.924. The van der Waals surface area contributed by atoms with Gasteiger partial charge in [0, 0.05) is 6.54 Å². The topological polar surface area (TPSA) is 46.6 Å². The summed E-state index contributed by atoms with van der Waals surface area (Å²) in [5.41, 5.74) is 1.25. The number of nitrogens with one attached hydrogen (secondary N) is 1. The van der Waals surface area contributed by atoms with Crippen molar-refractivity contribution in [2.24, 2.45) is 0 Å². The Kier molecular flexibility index (Phi) is 3.79. The highest BCUT2D eigenvalue weighted by molar-refractivity contribution is 5.58. The van der Waals surface area contributed by atoms with E-state index in [9.17, 15) is 0 Å². The van der Waals surface area contributed by atoms with Gasteiger partial charge in [0.1, 0.15) is 12.4 Å². The lowest BCUT2D eigenvalue weighted by Gasteiger charge is -2.40. The van der Waals surface area contributed by atoms with E-state index in [2.05, 4.69) is 41.4 Å². The van der Waals surface area contributed by atoms with Crippen molar-refractivity contribution in [1.82, 2.24) is 4.98 Å². The molecule has 1 N–H and O–H groups in total. The van der Waals surface area contributed by atoms with Crippen LogP contribution in [0.15, 0.2) is 42.5 Å². The van der Waals surface area contributed by atoms with Crippen LogP contribution in [0.4, 0.5) is 11.6 Å². The molecule has 1 saturated heterocycles. The highest BCUT2D eigenvalue weighted by Crippen LogP contribution is 2.34. The van der Waals surface area contributed by atoms with E-state index in [-0.39, 0.29) is 12.1 Å². The molecule has 1 aromatic carbocycles. The number of rotatable bonds is 2. The summed E-state index contributed by atoms with van der Waals surface area (Å²) in [5, 5.41) is 3.31.